The van der Waals surface area contributed by atoms with Crippen molar-refractivity contribution in [2.24, 2.45) is 0 Å². The zero-order chi connectivity index (χ0) is 12.9. The molecule has 1 rings (SSSR count). The molecule has 1 N–H and O–H groups in total. The molecule has 0 spiro atoms. The first-order chi connectivity index (χ1) is 7.98. The largest absolute Gasteiger partial charge is 0.320 e. The minimum Gasteiger partial charge on any atom is -0.320 e. The highest BCUT2D eigenvalue weighted by molar-refractivity contribution is 7.89. The summed E-state index contributed by atoms with van der Waals surface area (Å²) >= 11 is 5.73. The average Bonchev–Trinajstić information content (AvgIpc) is 2.29. The molecule has 0 aromatic heterocycles. The molecular formula is C11H17ClN2O2S. The van der Waals surface area contributed by atoms with Crippen LogP contribution in [0.4, 0.5) is 0 Å². The molecule has 0 radical (unpaired) electrons. The van der Waals surface area contributed by atoms with Gasteiger partial charge in [0.25, 0.3) is 0 Å². The summed E-state index contributed by atoms with van der Waals surface area (Å²) < 4.78 is 25.6. The summed E-state index contributed by atoms with van der Waals surface area (Å²) in [5.74, 6) is 0. The Bertz CT molecular complexity index is 445. The molecule has 4 nitrogen and oxygen atoms in total. The van der Waals surface area contributed by atoms with Crippen molar-refractivity contribution in [1.82, 2.24) is 9.62 Å². The molecule has 0 amide bonds. The Morgan fingerprint density at radius 1 is 1.29 bits per heavy atom. The molecule has 1 aromatic carbocycles. The van der Waals surface area contributed by atoms with Crippen molar-refractivity contribution in [2.75, 3.05) is 27.2 Å². The summed E-state index contributed by atoms with van der Waals surface area (Å²) in [5, 5.41) is 3.51. The Morgan fingerprint density at radius 3 is 2.41 bits per heavy atom. The van der Waals surface area contributed by atoms with Crippen LogP contribution in [0, 0.1) is 0 Å². The molecule has 0 heterocycles. The third-order valence-electron chi connectivity index (χ3n) is 2.42. The van der Waals surface area contributed by atoms with Crippen LogP contribution in [-0.2, 0) is 10.0 Å². The van der Waals surface area contributed by atoms with Gasteiger partial charge in [0.05, 0.1) is 4.90 Å². The second-order valence-electron chi connectivity index (χ2n) is 3.74. The SMILES string of the molecule is CNCCCN(C)S(=O)(=O)c1ccc(Cl)cc1. The highest BCUT2D eigenvalue weighted by atomic mass is 35.5. The lowest BCUT2D eigenvalue weighted by Gasteiger charge is -2.17. The first-order valence-corrected chi connectivity index (χ1v) is 7.17. The lowest BCUT2D eigenvalue weighted by atomic mass is 10.4. The Morgan fingerprint density at radius 2 is 1.88 bits per heavy atom. The van der Waals surface area contributed by atoms with E-state index >= 15 is 0 Å². The summed E-state index contributed by atoms with van der Waals surface area (Å²) in [4.78, 5) is 0.272. The van der Waals surface area contributed by atoms with E-state index in [4.69, 9.17) is 11.6 Å². The van der Waals surface area contributed by atoms with E-state index in [1.165, 1.54) is 16.4 Å². The van der Waals surface area contributed by atoms with Crippen LogP contribution in [-0.4, -0.2) is 39.9 Å². The Hall–Kier alpha value is -0.620. The van der Waals surface area contributed by atoms with E-state index in [1.54, 1.807) is 19.2 Å². The molecule has 0 fully saturated rings. The van der Waals surface area contributed by atoms with Crippen molar-refractivity contribution in [2.45, 2.75) is 11.3 Å². The molecular weight excluding hydrogens is 260 g/mol. The highest BCUT2D eigenvalue weighted by Gasteiger charge is 2.19. The monoisotopic (exact) mass is 276 g/mol. The zero-order valence-electron chi connectivity index (χ0n) is 9.98. The van der Waals surface area contributed by atoms with Crippen molar-refractivity contribution in [3.8, 4) is 0 Å². The van der Waals surface area contributed by atoms with Crippen molar-refractivity contribution in [3.63, 3.8) is 0 Å². The fourth-order valence-corrected chi connectivity index (χ4v) is 2.72. The van der Waals surface area contributed by atoms with Crippen molar-refractivity contribution in [1.29, 1.82) is 0 Å². The van der Waals surface area contributed by atoms with Crippen LogP contribution in [0.25, 0.3) is 0 Å². The van der Waals surface area contributed by atoms with Gasteiger partial charge in [0.2, 0.25) is 10.0 Å². The van der Waals surface area contributed by atoms with Gasteiger partial charge in [-0.15, -0.1) is 0 Å². The van der Waals surface area contributed by atoms with Crippen LogP contribution in [0.15, 0.2) is 29.2 Å². The van der Waals surface area contributed by atoms with Gasteiger partial charge < -0.3 is 5.32 Å². The summed E-state index contributed by atoms with van der Waals surface area (Å²) in [6.45, 7) is 1.28. The van der Waals surface area contributed by atoms with Crippen LogP contribution in [0.1, 0.15) is 6.42 Å². The number of rotatable bonds is 6. The fraction of sp³-hybridized carbons (Fsp3) is 0.455. The average molecular weight is 277 g/mol. The minimum absolute atomic E-state index is 0.272. The standard InChI is InChI=1S/C11H17ClN2O2S/c1-13-8-3-9-14(2)17(15,16)11-6-4-10(12)5-7-11/h4-7,13H,3,8-9H2,1-2H3. The molecule has 1 aromatic rings. The van der Waals surface area contributed by atoms with E-state index in [0.29, 0.717) is 11.6 Å². The van der Waals surface area contributed by atoms with Crippen LogP contribution in [0.3, 0.4) is 0 Å². The van der Waals surface area contributed by atoms with E-state index in [9.17, 15) is 8.42 Å². The number of sulfonamides is 1. The number of nitrogens with one attached hydrogen (secondary N) is 1. The van der Waals surface area contributed by atoms with E-state index < -0.39 is 10.0 Å². The van der Waals surface area contributed by atoms with Crippen molar-refractivity contribution in [3.05, 3.63) is 29.3 Å². The molecule has 0 aliphatic rings. The Balaban J connectivity index is 2.76. The molecule has 0 atom stereocenters. The molecule has 0 saturated heterocycles. The first-order valence-electron chi connectivity index (χ1n) is 5.35. The molecule has 0 unspecified atom stereocenters. The lowest BCUT2D eigenvalue weighted by Crippen LogP contribution is -2.29. The molecule has 96 valence electrons. The summed E-state index contributed by atoms with van der Waals surface area (Å²) in [5.41, 5.74) is 0. The molecule has 6 heteroatoms. The second kappa shape index (κ2) is 6.35. The number of benzene rings is 1. The van der Waals surface area contributed by atoms with Gasteiger partial charge >= 0.3 is 0 Å². The fourth-order valence-electron chi connectivity index (χ4n) is 1.39. The van der Waals surface area contributed by atoms with Gasteiger partial charge in [0.15, 0.2) is 0 Å². The molecule has 0 bridgehead atoms. The van der Waals surface area contributed by atoms with Crippen molar-refractivity contribution >= 4 is 21.6 Å². The van der Waals surface area contributed by atoms with Crippen LogP contribution in [0.2, 0.25) is 5.02 Å². The van der Waals surface area contributed by atoms with E-state index in [1.807, 2.05) is 7.05 Å². The number of nitrogens with zero attached hydrogens (tertiary/aromatic N) is 1. The van der Waals surface area contributed by atoms with Gasteiger partial charge in [-0.25, -0.2) is 12.7 Å². The first kappa shape index (κ1) is 14.4. The predicted octanol–water partition coefficient (Wildman–Crippen LogP) is 1.57. The quantitative estimate of drug-likeness (QED) is 0.803. The smallest absolute Gasteiger partial charge is 0.242 e. The Labute approximate surface area is 108 Å². The normalized spacial score (nSPS) is 12.0. The molecule has 0 aliphatic heterocycles. The van der Waals surface area contributed by atoms with Gasteiger partial charge in [0.1, 0.15) is 0 Å². The van der Waals surface area contributed by atoms with Crippen molar-refractivity contribution < 1.29 is 8.42 Å². The highest BCUT2D eigenvalue weighted by Crippen LogP contribution is 2.17. The van der Waals surface area contributed by atoms with Gasteiger partial charge in [-0.2, -0.15) is 0 Å². The van der Waals surface area contributed by atoms with E-state index in [-0.39, 0.29) is 4.90 Å². The maximum atomic E-state index is 12.1. The maximum absolute atomic E-state index is 12.1. The number of hydrogen-bond donors (Lipinski definition) is 1. The van der Waals surface area contributed by atoms with Crippen LogP contribution in [0.5, 0.6) is 0 Å². The lowest BCUT2D eigenvalue weighted by molar-refractivity contribution is 0.458. The summed E-state index contributed by atoms with van der Waals surface area (Å²) in [6, 6.07) is 6.20. The number of hydrogen-bond acceptors (Lipinski definition) is 3. The van der Waals surface area contributed by atoms with E-state index in [0.717, 1.165) is 13.0 Å². The molecule has 17 heavy (non-hydrogen) atoms. The van der Waals surface area contributed by atoms with Gasteiger partial charge in [-0.1, -0.05) is 11.6 Å². The Kier molecular flexibility index (Phi) is 5.39. The zero-order valence-corrected chi connectivity index (χ0v) is 11.6. The third kappa shape index (κ3) is 3.96. The van der Waals surface area contributed by atoms with Gasteiger partial charge in [0, 0.05) is 18.6 Å². The predicted molar refractivity (Wildman–Crippen MR) is 69.8 cm³/mol. The van der Waals surface area contributed by atoms with Crippen LogP contribution >= 0.6 is 11.6 Å². The minimum atomic E-state index is -3.39. The van der Waals surface area contributed by atoms with Crippen LogP contribution < -0.4 is 5.32 Å². The second-order valence-corrected chi connectivity index (χ2v) is 6.22. The summed E-state index contributed by atoms with van der Waals surface area (Å²) in [6.07, 6.45) is 0.778. The summed E-state index contributed by atoms with van der Waals surface area (Å²) in [7, 11) is 0.0346. The third-order valence-corrected chi connectivity index (χ3v) is 4.54. The number of halogens is 1. The van der Waals surface area contributed by atoms with Gasteiger partial charge in [-0.3, -0.25) is 0 Å². The molecule has 0 saturated carbocycles. The molecule has 0 aliphatic carbocycles. The topological polar surface area (TPSA) is 49.4 Å². The maximum Gasteiger partial charge on any atom is 0.242 e. The van der Waals surface area contributed by atoms with E-state index in [2.05, 4.69) is 5.32 Å². The van der Waals surface area contributed by atoms with Gasteiger partial charge in [-0.05, 0) is 44.3 Å².